The Morgan fingerprint density at radius 3 is 2.55 bits per heavy atom. The average Bonchev–Trinajstić information content (AvgIpc) is 2.92. The normalized spacial score (nSPS) is 11.6. The quantitative estimate of drug-likeness (QED) is 0.454. The lowest BCUT2D eigenvalue weighted by Gasteiger charge is -2.08. The zero-order valence-corrected chi connectivity index (χ0v) is 14.8. The van der Waals surface area contributed by atoms with E-state index in [-0.39, 0.29) is 26.6 Å². The fraction of sp³-hybridized carbons (Fsp3) is 0.0833. The van der Waals surface area contributed by atoms with Crippen LogP contribution in [0.2, 0.25) is 19.5 Å². The van der Waals surface area contributed by atoms with Gasteiger partial charge >= 0.3 is 0 Å². The van der Waals surface area contributed by atoms with Crippen molar-refractivity contribution in [2.24, 2.45) is 5.10 Å². The van der Waals surface area contributed by atoms with Crippen molar-refractivity contribution in [1.29, 1.82) is 0 Å². The third-order valence-corrected chi connectivity index (χ3v) is 5.02. The molecule has 0 unspecified atom stereocenters. The fourth-order valence-electron chi connectivity index (χ4n) is 1.43. The van der Waals surface area contributed by atoms with Crippen molar-refractivity contribution in [2.45, 2.75) is 6.92 Å². The fourth-order valence-corrected chi connectivity index (χ4v) is 3.02. The second-order valence-corrected chi connectivity index (χ2v) is 6.86. The van der Waals surface area contributed by atoms with Crippen LogP contribution in [-0.4, -0.2) is 16.6 Å². The number of nitrogens with zero attached hydrogens (tertiary/aromatic N) is 2. The summed E-state index contributed by atoms with van der Waals surface area (Å²) in [6.45, 7) is 1.72. The van der Waals surface area contributed by atoms with Gasteiger partial charge in [-0.15, -0.1) is 11.3 Å². The molecule has 116 valence electrons. The first-order valence-corrected chi connectivity index (χ1v) is 8.04. The summed E-state index contributed by atoms with van der Waals surface area (Å²) in [4.78, 5) is 16.7. The number of hydrazone groups is 1. The molecule has 5 nitrogen and oxygen atoms in total. The minimum Gasteiger partial charge on any atom is -0.396 e. The number of carbonyl (C=O) groups excluding carboxylic acids is 1. The predicted molar refractivity (Wildman–Crippen MR) is 92.7 cm³/mol. The third-order valence-electron chi connectivity index (χ3n) is 2.54. The number of anilines is 1. The zero-order valence-electron chi connectivity index (χ0n) is 11.0. The molecule has 0 aliphatic heterocycles. The summed E-state index contributed by atoms with van der Waals surface area (Å²) in [7, 11) is 0. The van der Waals surface area contributed by atoms with E-state index in [9.17, 15) is 4.79 Å². The maximum absolute atomic E-state index is 12.1. The van der Waals surface area contributed by atoms with Gasteiger partial charge < -0.3 is 5.73 Å². The standard InChI is InChI=1S/C12H8Cl4N4OS/c1-4(5-2-3-6(13)22-5)19-20-12(21)10-7(14)9(17)8(15)11(16)18-10/h2-3H,1H3,(H2,17,18)(H,20,21)/b19-4-. The van der Waals surface area contributed by atoms with Gasteiger partial charge in [0.15, 0.2) is 10.8 Å². The molecule has 0 bridgehead atoms. The van der Waals surface area contributed by atoms with Crippen LogP contribution in [-0.2, 0) is 0 Å². The predicted octanol–water partition coefficient (Wildman–Crippen LogP) is 4.49. The van der Waals surface area contributed by atoms with Crippen molar-refractivity contribution >= 4 is 75.0 Å². The van der Waals surface area contributed by atoms with E-state index in [1.54, 1.807) is 19.1 Å². The van der Waals surface area contributed by atoms with E-state index in [4.69, 9.17) is 52.1 Å². The number of nitrogens with one attached hydrogen (secondary N) is 1. The number of pyridine rings is 1. The van der Waals surface area contributed by atoms with Crippen molar-refractivity contribution in [3.63, 3.8) is 0 Å². The molecule has 0 aromatic carbocycles. The monoisotopic (exact) mass is 396 g/mol. The summed E-state index contributed by atoms with van der Waals surface area (Å²) in [6, 6.07) is 3.53. The van der Waals surface area contributed by atoms with Crippen molar-refractivity contribution < 1.29 is 4.79 Å². The summed E-state index contributed by atoms with van der Waals surface area (Å²) < 4.78 is 0.623. The molecule has 0 saturated carbocycles. The van der Waals surface area contributed by atoms with Crippen LogP contribution in [0.1, 0.15) is 22.3 Å². The van der Waals surface area contributed by atoms with Crippen LogP contribution < -0.4 is 11.2 Å². The van der Waals surface area contributed by atoms with Crippen LogP contribution in [0.25, 0.3) is 0 Å². The third kappa shape index (κ3) is 3.64. The Morgan fingerprint density at radius 2 is 1.95 bits per heavy atom. The van der Waals surface area contributed by atoms with E-state index in [1.807, 2.05) is 0 Å². The van der Waals surface area contributed by atoms with Crippen LogP contribution in [0, 0.1) is 0 Å². The molecule has 2 aromatic rings. The van der Waals surface area contributed by atoms with Crippen molar-refractivity contribution in [3.8, 4) is 0 Å². The van der Waals surface area contributed by atoms with Gasteiger partial charge in [0.05, 0.1) is 25.6 Å². The van der Waals surface area contributed by atoms with E-state index >= 15 is 0 Å². The van der Waals surface area contributed by atoms with Gasteiger partial charge in [0.25, 0.3) is 5.91 Å². The largest absolute Gasteiger partial charge is 0.396 e. The number of halogens is 4. The van der Waals surface area contributed by atoms with Crippen LogP contribution in [0.3, 0.4) is 0 Å². The highest BCUT2D eigenvalue weighted by molar-refractivity contribution is 7.18. The van der Waals surface area contributed by atoms with Gasteiger partial charge in [-0.2, -0.15) is 5.10 Å². The van der Waals surface area contributed by atoms with Crippen LogP contribution in [0.4, 0.5) is 5.69 Å². The number of nitrogens with two attached hydrogens (primary N) is 1. The zero-order chi connectivity index (χ0) is 16.4. The van der Waals surface area contributed by atoms with Crippen LogP contribution >= 0.6 is 57.7 Å². The molecule has 22 heavy (non-hydrogen) atoms. The van der Waals surface area contributed by atoms with Gasteiger partial charge in [-0.1, -0.05) is 46.4 Å². The maximum Gasteiger partial charge on any atom is 0.291 e. The topological polar surface area (TPSA) is 80.4 Å². The van der Waals surface area contributed by atoms with Gasteiger partial charge in [-0.05, 0) is 19.1 Å². The summed E-state index contributed by atoms with van der Waals surface area (Å²) in [5.74, 6) is -0.655. The summed E-state index contributed by atoms with van der Waals surface area (Å²) in [5.41, 5.74) is 8.39. The number of carbonyl (C=O) groups is 1. The minimum absolute atomic E-state index is 0.00359. The molecule has 10 heteroatoms. The molecule has 2 rings (SSSR count). The van der Waals surface area contributed by atoms with E-state index in [1.165, 1.54) is 11.3 Å². The molecular weight excluding hydrogens is 390 g/mol. The SMILES string of the molecule is C/C(=N/NC(=O)c1nc(Cl)c(Cl)c(N)c1Cl)c1ccc(Cl)s1. The maximum atomic E-state index is 12.1. The highest BCUT2D eigenvalue weighted by atomic mass is 35.5. The average molecular weight is 398 g/mol. The number of amides is 1. The minimum atomic E-state index is -0.655. The van der Waals surface area contributed by atoms with E-state index in [0.29, 0.717) is 10.0 Å². The Morgan fingerprint density at radius 1 is 1.27 bits per heavy atom. The number of hydrogen-bond donors (Lipinski definition) is 2. The van der Waals surface area contributed by atoms with Gasteiger partial charge in [-0.25, -0.2) is 10.4 Å². The second kappa shape index (κ2) is 7.02. The molecule has 0 saturated heterocycles. The number of hydrogen-bond acceptors (Lipinski definition) is 5. The summed E-state index contributed by atoms with van der Waals surface area (Å²) >= 11 is 24.7. The molecule has 0 atom stereocenters. The van der Waals surface area contributed by atoms with Crippen LogP contribution in [0.15, 0.2) is 17.2 Å². The van der Waals surface area contributed by atoms with Gasteiger partial charge in [0.1, 0.15) is 5.02 Å². The first-order valence-electron chi connectivity index (χ1n) is 5.71. The van der Waals surface area contributed by atoms with Gasteiger partial charge in [0.2, 0.25) is 0 Å². The lowest BCUT2D eigenvalue weighted by molar-refractivity contribution is 0.0950. The Kier molecular flexibility index (Phi) is 5.52. The molecule has 1 amide bonds. The molecular formula is C12H8Cl4N4OS. The lowest BCUT2D eigenvalue weighted by atomic mass is 10.3. The van der Waals surface area contributed by atoms with Crippen LogP contribution in [0.5, 0.6) is 0 Å². The summed E-state index contributed by atoms with van der Waals surface area (Å²) in [6.07, 6.45) is 0. The van der Waals surface area contributed by atoms with Crippen molar-refractivity contribution in [1.82, 2.24) is 10.4 Å². The van der Waals surface area contributed by atoms with Crippen molar-refractivity contribution in [2.75, 3.05) is 5.73 Å². The van der Waals surface area contributed by atoms with Gasteiger partial charge in [-0.3, -0.25) is 4.79 Å². The van der Waals surface area contributed by atoms with E-state index in [2.05, 4.69) is 15.5 Å². The Balaban J connectivity index is 2.23. The van der Waals surface area contributed by atoms with E-state index in [0.717, 1.165) is 4.88 Å². The Labute approximate surface area is 150 Å². The summed E-state index contributed by atoms with van der Waals surface area (Å²) in [5, 5.41) is 3.76. The lowest BCUT2D eigenvalue weighted by Crippen LogP contribution is -2.21. The Hall–Kier alpha value is -1.05. The molecule has 0 aliphatic carbocycles. The highest BCUT2D eigenvalue weighted by Gasteiger charge is 2.19. The van der Waals surface area contributed by atoms with Crippen molar-refractivity contribution in [3.05, 3.63) is 42.2 Å². The number of aromatic nitrogens is 1. The van der Waals surface area contributed by atoms with E-state index < -0.39 is 5.91 Å². The molecule has 2 aromatic heterocycles. The highest BCUT2D eigenvalue weighted by Crippen LogP contribution is 2.34. The smallest absolute Gasteiger partial charge is 0.291 e. The first kappa shape index (κ1) is 17.3. The second-order valence-electron chi connectivity index (χ2n) is 4.03. The Bertz CT molecular complexity index is 775. The first-order chi connectivity index (χ1) is 10.3. The molecule has 0 fully saturated rings. The number of nitrogen functional groups attached to an aromatic ring is 1. The van der Waals surface area contributed by atoms with Gasteiger partial charge in [0, 0.05) is 0 Å². The molecule has 3 N–H and O–H groups in total. The molecule has 0 radical (unpaired) electrons. The number of rotatable bonds is 3. The number of thiophene rings is 1. The molecule has 0 spiro atoms. The molecule has 0 aliphatic rings. The molecule has 2 heterocycles.